The third kappa shape index (κ3) is 2.72. The molecule has 0 saturated carbocycles. The molecule has 2 aromatic heterocycles. The second-order valence-corrected chi connectivity index (χ2v) is 6.64. The molecule has 0 bridgehead atoms. The number of para-hydroxylation sites is 2. The van der Waals surface area contributed by atoms with Crippen molar-refractivity contribution < 1.29 is 4.42 Å². The Labute approximate surface area is 138 Å². The lowest BCUT2D eigenvalue weighted by atomic mass is 10.2. The zero-order chi connectivity index (χ0) is 15.8. The number of nitrogens with zero attached hydrogens (tertiary/aromatic N) is 3. The Balaban J connectivity index is 1.51. The number of hydrogen-bond donors (Lipinski definition) is 0. The van der Waals surface area contributed by atoms with E-state index >= 15 is 0 Å². The average molecular weight is 323 g/mol. The summed E-state index contributed by atoms with van der Waals surface area (Å²) in [4.78, 5) is 9.15. The van der Waals surface area contributed by atoms with E-state index in [9.17, 15) is 0 Å². The van der Waals surface area contributed by atoms with Crippen LogP contribution in [0, 0.1) is 13.8 Å². The zero-order valence-electron chi connectivity index (χ0n) is 13.1. The Kier molecular flexibility index (Phi) is 3.58. The largest absolute Gasteiger partial charge is 0.431 e. The number of rotatable bonds is 4. The molecule has 0 atom stereocenters. The van der Waals surface area contributed by atoms with Gasteiger partial charge in [0.05, 0.1) is 11.0 Å². The van der Waals surface area contributed by atoms with Crippen molar-refractivity contribution >= 4 is 33.9 Å². The Morgan fingerprint density at radius 2 is 1.91 bits per heavy atom. The number of benzene rings is 2. The lowest BCUT2D eigenvalue weighted by Gasteiger charge is -2.05. The summed E-state index contributed by atoms with van der Waals surface area (Å²) < 4.78 is 8.03. The minimum absolute atomic E-state index is 0.729. The maximum atomic E-state index is 5.79. The van der Waals surface area contributed by atoms with Gasteiger partial charge in [-0.2, -0.15) is 0 Å². The first-order valence-corrected chi connectivity index (χ1v) is 8.61. The number of hydrogen-bond acceptors (Lipinski definition) is 4. The molecule has 4 aromatic rings. The summed E-state index contributed by atoms with van der Waals surface area (Å²) in [7, 11) is 0. The molecule has 0 saturated heterocycles. The van der Waals surface area contributed by atoms with E-state index in [1.54, 1.807) is 11.8 Å². The van der Waals surface area contributed by atoms with Gasteiger partial charge in [-0.3, -0.25) is 0 Å². The third-order valence-corrected chi connectivity index (χ3v) is 4.72. The van der Waals surface area contributed by atoms with E-state index in [2.05, 4.69) is 45.7 Å². The summed E-state index contributed by atoms with van der Waals surface area (Å²) in [5, 5.41) is 0.729. The first-order chi connectivity index (χ1) is 11.2. The normalized spacial score (nSPS) is 11.6. The van der Waals surface area contributed by atoms with E-state index < -0.39 is 0 Å². The van der Waals surface area contributed by atoms with Crippen LogP contribution in [-0.4, -0.2) is 20.3 Å². The summed E-state index contributed by atoms with van der Waals surface area (Å²) in [6, 6.07) is 14.3. The molecule has 0 aliphatic heterocycles. The molecule has 4 nitrogen and oxygen atoms in total. The maximum absolute atomic E-state index is 5.79. The van der Waals surface area contributed by atoms with E-state index in [1.807, 2.05) is 25.1 Å². The molecule has 2 aromatic carbocycles. The monoisotopic (exact) mass is 323 g/mol. The molecular formula is C18H17N3OS. The quantitative estimate of drug-likeness (QED) is 0.515. The lowest BCUT2D eigenvalue weighted by Crippen LogP contribution is -2.02. The summed E-state index contributed by atoms with van der Waals surface area (Å²) in [6.07, 6.45) is 0. The number of imidazole rings is 1. The van der Waals surface area contributed by atoms with Gasteiger partial charge in [0.15, 0.2) is 5.58 Å². The number of oxazole rings is 1. The lowest BCUT2D eigenvalue weighted by molar-refractivity contribution is 0.489. The van der Waals surface area contributed by atoms with Crippen molar-refractivity contribution in [2.75, 3.05) is 5.75 Å². The Hall–Kier alpha value is -2.27. The van der Waals surface area contributed by atoms with Crippen LogP contribution < -0.4 is 0 Å². The van der Waals surface area contributed by atoms with Gasteiger partial charge in [0.2, 0.25) is 0 Å². The molecule has 0 unspecified atom stereocenters. The first-order valence-electron chi connectivity index (χ1n) is 7.62. The molecule has 2 heterocycles. The number of aromatic nitrogens is 3. The highest BCUT2D eigenvalue weighted by atomic mass is 32.2. The van der Waals surface area contributed by atoms with Crippen LogP contribution in [0.4, 0.5) is 0 Å². The van der Waals surface area contributed by atoms with Crippen LogP contribution in [-0.2, 0) is 6.54 Å². The van der Waals surface area contributed by atoms with Crippen LogP contribution in [0.25, 0.3) is 22.1 Å². The number of aryl methyl sites for hydroxylation is 3. The fourth-order valence-electron chi connectivity index (χ4n) is 2.78. The predicted molar refractivity (Wildman–Crippen MR) is 93.9 cm³/mol. The highest BCUT2D eigenvalue weighted by molar-refractivity contribution is 7.99. The predicted octanol–water partition coefficient (Wildman–Crippen LogP) is 4.59. The molecule has 0 aliphatic rings. The van der Waals surface area contributed by atoms with Gasteiger partial charge in [0.25, 0.3) is 5.22 Å². The van der Waals surface area contributed by atoms with Crippen molar-refractivity contribution in [1.29, 1.82) is 0 Å². The van der Waals surface area contributed by atoms with Crippen LogP contribution >= 0.6 is 11.8 Å². The van der Waals surface area contributed by atoms with Crippen molar-refractivity contribution in [2.45, 2.75) is 25.6 Å². The summed E-state index contributed by atoms with van der Waals surface area (Å²) in [5.41, 5.74) is 5.20. The standard InChI is InChI=1S/C18H17N3OS/c1-12-7-8-17-15(11-12)20-18(22-17)23-10-9-21-13(2)19-14-5-3-4-6-16(14)21/h3-8,11H,9-10H2,1-2H3. The van der Waals surface area contributed by atoms with Crippen molar-refractivity contribution in [1.82, 2.24) is 14.5 Å². The smallest absolute Gasteiger partial charge is 0.256 e. The molecule has 0 aliphatic carbocycles. The number of thioether (sulfide) groups is 1. The van der Waals surface area contributed by atoms with Crippen molar-refractivity contribution in [2.24, 2.45) is 0 Å². The van der Waals surface area contributed by atoms with Gasteiger partial charge >= 0.3 is 0 Å². The van der Waals surface area contributed by atoms with E-state index in [4.69, 9.17) is 4.42 Å². The minimum Gasteiger partial charge on any atom is -0.431 e. The van der Waals surface area contributed by atoms with Crippen LogP contribution in [0.3, 0.4) is 0 Å². The third-order valence-electron chi connectivity index (χ3n) is 3.91. The van der Waals surface area contributed by atoms with Gasteiger partial charge in [0.1, 0.15) is 11.3 Å². The van der Waals surface area contributed by atoms with E-state index in [-0.39, 0.29) is 0 Å². The molecule has 0 amide bonds. The molecule has 4 rings (SSSR count). The van der Waals surface area contributed by atoms with E-state index in [0.717, 1.165) is 40.0 Å². The minimum atomic E-state index is 0.729. The zero-order valence-corrected chi connectivity index (χ0v) is 13.9. The second kappa shape index (κ2) is 5.74. The molecule has 23 heavy (non-hydrogen) atoms. The summed E-state index contributed by atoms with van der Waals surface area (Å²) in [6.45, 7) is 5.00. The van der Waals surface area contributed by atoms with E-state index in [0.29, 0.717) is 0 Å². The fraction of sp³-hybridized carbons (Fsp3) is 0.222. The molecule has 0 spiro atoms. The van der Waals surface area contributed by atoms with Crippen LogP contribution in [0.5, 0.6) is 0 Å². The maximum Gasteiger partial charge on any atom is 0.256 e. The van der Waals surface area contributed by atoms with Crippen molar-refractivity contribution in [3.8, 4) is 0 Å². The summed E-state index contributed by atoms with van der Waals surface area (Å²) >= 11 is 1.64. The SMILES string of the molecule is Cc1ccc2oc(SCCn3c(C)nc4ccccc43)nc2c1. The first kappa shape index (κ1) is 14.3. The highest BCUT2D eigenvalue weighted by Crippen LogP contribution is 2.25. The number of fused-ring (bicyclic) bond motifs is 2. The topological polar surface area (TPSA) is 43.9 Å². The van der Waals surface area contributed by atoms with Crippen molar-refractivity contribution in [3.63, 3.8) is 0 Å². The van der Waals surface area contributed by atoms with Gasteiger partial charge in [0, 0.05) is 12.3 Å². The van der Waals surface area contributed by atoms with Gasteiger partial charge < -0.3 is 8.98 Å². The van der Waals surface area contributed by atoms with Gasteiger partial charge in [-0.1, -0.05) is 30.0 Å². The van der Waals surface area contributed by atoms with Gasteiger partial charge in [-0.25, -0.2) is 9.97 Å². The van der Waals surface area contributed by atoms with Gasteiger partial charge in [-0.15, -0.1) is 0 Å². The second-order valence-electron chi connectivity index (χ2n) is 5.60. The highest BCUT2D eigenvalue weighted by Gasteiger charge is 2.09. The van der Waals surface area contributed by atoms with Crippen LogP contribution in [0.1, 0.15) is 11.4 Å². The Bertz CT molecular complexity index is 986. The Morgan fingerprint density at radius 3 is 2.83 bits per heavy atom. The molecular weight excluding hydrogens is 306 g/mol. The van der Waals surface area contributed by atoms with Crippen LogP contribution in [0.2, 0.25) is 0 Å². The van der Waals surface area contributed by atoms with Crippen LogP contribution in [0.15, 0.2) is 52.1 Å². The fourth-order valence-corrected chi connectivity index (χ4v) is 3.54. The summed E-state index contributed by atoms with van der Waals surface area (Å²) in [5.74, 6) is 1.94. The molecule has 0 radical (unpaired) electrons. The average Bonchev–Trinajstić information content (AvgIpc) is 3.07. The van der Waals surface area contributed by atoms with Crippen molar-refractivity contribution in [3.05, 3.63) is 53.9 Å². The molecule has 116 valence electrons. The van der Waals surface area contributed by atoms with E-state index in [1.165, 1.54) is 11.1 Å². The van der Waals surface area contributed by atoms with Gasteiger partial charge in [-0.05, 0) is 43.7 Å². The molecule has 0 N–H and O–H groups in total. The Morgan fingerprint density at radius 1 is 1.04 bits per heavy atom. The molecule has 5 heteroatoms. The molecule has 0 fully saturated rings.